The summed E-state index contributed by atoms with van der Waals surface area (Å²) in [5.41, 5.74) is 0.139. The van der Waals surface area contributed by atoms with Gasteiger partial charge in [0.25, 0.3) is 0 Å². The summed E-state index contributed by atoms with van der Waals surface area (Å²) >= 11 is 0. The van der Waals surface area contributed by atoms with Gasteiger partial charge in [-0.05, 0) is 26.3 Å². The van der Waals surface area contributed by atoms with E-state index < -0.39 is 17.7 Å². The molecule has 0 bridgehead atoms. The number of ether oxygens (including phenoxy) is 2. The van der Waals surface area contributed by atoms with Crippen LogP contribution in [0.3, 0.4) is 0 Å². The molecule has 1 unspecified atom stereocenters. The van der Waals surface area contributed by atoms with E-state index in [1.54, 1.807) is 12.1 Å². The lowest BCUT2D eigenvalue weighted by Crippen LogP contribution is -2.43. The third-order valence-corrected chi connectivity index (χ3v) is 3.92. The molecular weight excluding hydrogens is 272 g/mol. The van der Waals surface area contributed by atoms with E-state index in [1.165, 1.54) is 13.8 Å². The third kappa shape index (κ3) is 2.03. The number of hydrogen-bond donors (Lipinski definition) is 1. The summed E-state index contributed by atoms with van der Waals surface area (Å²) in [5, 5.41) is 10.0. The van der Waals surface area contributed by atoms with E-state index in [4.69, 9.17) is 9.47 Å². The van der Waals surface area contributed by atoms with Gasteiger partial charge in [-0.3, -0.25) is 4.79 Å². The molecule has 1 aromatic carbocycles. The summed E-state index contributed by atoms with van der Waals surface area (Å²) < 4.78 is 11.0. The Morgan fingerprint density at radius 1 is 1.24 bits per heavy atom. The Balaban J connectivity index is 2.08. The highest BCUT2D eigenvalue weighted by atomic mass is 16.6. The molecule has 2 aliphatic heterocycles. The van der Waals surface area contributed by atoms with Crippen molar-refractivity contribution in [3.63, 3.8) is 0 Å². The molecular formula is C16H18O5. The Morgan fingerprint density at radius 3 is 2.57 bits per heavy atom. The van der Waals surface area contributed by atoms with Crippen LogP contribution >= 0.6 is 0 Å². The van der Waals surface area contributed by atoms with E-state index >= 15 is 0 Å². The van der Waals surface area contributed by atoms with E-state index in [0.29, 0.717) is 11.1 Å². The van der Waals surface area contributed by atoms with Crippen molar-refractivity contribution in [3.8, 4) is 5.75 Å². The first-order chi connectivity index (χ1) is 9.84. The highest BCUT2D eigenvalue weighted by molar-refractivity contribution is 6.10. The minimum absolute atomic E-state index is 0.258. The predicted molar refractivity (Wildman–Crippen MR) is 74.6 cm³/mol. The standard InChI is InChI=1S/C16H18O5/c1-4-5-10-8-6-7-9-12(17)14(16(2,3)19)21-13(9)11(8)15(18)20-10/h6-7,10,14,19H,4-5H2,1-3H3/t10-,14?/m1/s1. The highest BCUT2D eigenvalue weighted by Crippen LogP contribution is 2.44. The first-order valence-corrected chi connectivity index (χ1v) is 7.15. The van der Waals surface area contributed by atoms with Gasteiger partial charge in [-0.1, -0.05) is 19.4 Å². The molecule has 1 aromatic rings. The molecule has 5 nitrogen and oxygen atoms in total. The highest BCUT2D eigenvalue weighted by Gasteiger charge is 2.46. The molecule has 0 saturated carbocycles. The van der Waals surface area contributed by atoms with Crippen molar-refractivity contribution < 1.29 is 24.2 Å². The fraction of sp³-hybridized carbons (Fsp3) is 0.500. The van der Waals surface area contributed by atoms with Crippen molar-refractivity contribution in [1.29, 1.82) is 0 Å². The Labute approximate surface area is 122 Å². The first kappa shape index (κ1) is 14.1. The second-order valence-electron chi connectivity index (χ2n) is 6.10. The number of Topliss-reactive ketones (excluding diaryl/α,β-unsaturated/α-hetero) is 1. The van der Waals surface area contributed by atoms with Crippen LogP contribution in [0.4, 0.5) is 0 Å². The van der Waals surface area contributed by atoms with Gasteiger partial charge >= 0.3 is 5.97 Å². The van der Waals surface area contributed by atoms with E-state index in [1.807, 2.05) is 6.92 Å². The molecule has 0 amide bonds. The predicted octanol–water partition coefficient (Wildman–Crippen LogP) is 2.41. The van der Waals surface area contributed by atoms with Crippen molar-refractivity contribution in [2.75, 3.05) is 0 Å². The van der Waals surface area contributed by atoms with Gasteiger partial charge in [0.2, 0.25) is 5.78 Å². The van der Waals surface area contributed by atoms with Gasteiger partial charge in [0.15, 0.2) is 6.10 Å². The van der Waals surface area contributed by atoms with E-state index in [2.05, 4.69) is 0 Å². The van der Waals surface area contributed by atoms with Crippen LogP contribution in [-0.4, -0.2) is 28.6 Å². The molecule has 2 heterocycles. The molecule has 21 heavy (non-hydrogen) atoms. The topological polar surface area (TPSA) is 72.8 Å². The number of fused-ring (bicyclic) bond motifs is 3. The summed E-state index contributed by atoms with van der Waals surface area (Å²) in [6.45, 7) is 5.04. The van der Waals surface area contributed by atoms with Crippen LogP contribution in [0.5, 0.6) is 5.75 Å². The number of esters is 1. The number of rotatable bonds is 3. The Bertz CT molecular complexity index is 626. The maximum absolute atomic E-state index is 12.3. The summed E-state index contributed by atoms with van der Waals surface area (Å²) in [6.07, 6.45) is 0.362. The van der Waals surface area contributed by atoms with Crippen molar-refractivity contribution in [3.05, 3.63) is 28.8 Å². The maximum atomic E-state index is 12.3. The number of hydrogen-bond acceptors (Lipinski definition) is 5. The van der Waals surface area contributed by atoms with Crippen molar-refractivity contribution in [2.24, 2.45) is 0 Å². The normalized spacial score (nSPS) is 23.6. The molecule has 0 aliphatic carbocycles. The van der Waals surface area contributed by atoms with Crippen LogP contribution in [0, 0.1) is 0 Å². The van der Waals surface area contributed by atoms with Crippen LogP contribution in [0.25, 0.3) is 0 Å². The zero-order valence-corrected chi connectivity index (χ0v) is 12.3. The molecule has 0 aromatic heterocycles. The summed E-state index contributed by atoms with van der Waals surface area (Å²) in [4.78, 5) is 24.4. The molecule has 3 rings (SSSR count). The second-order valence-corrected chi connectivity index (χ2v) is 6.10. The van der Waals surface area contributed by atoms with E-state index in [-0.39, 0.29) is 17.6 Å². The van der Waals surface area contributed by atoms with Crippen LogP contribution in [-0.2, 0) is 4.74 Å². The summed E-state index contributed by atoms with van der Waals surface area (Å²) in [7, 11) is 0. The van der Waals surface area contributed by atoms with Crippen LogP contribution in [0.2, 0.25) is 0 Å². The molecule has 0 fully saturated rings. The van der Waals surface area contributed by atoms with Gasteiger partial charge in [-0.2, -0.15) is 0 Å². The molecule has 0 radical (unpaired) electrons. The number of aliphatic hydroxyl groups is 1. The van der Waals surface area contributed by atoms with Crippen LogP contribution in [0.1, 0.15) is 66.0 Å². The second kappa shape index (κ2) is 4.56. The lowest BCUT2D eigenvalue weighted by molar-refractivity contribution is -0.0143. The quantitative estimate of drug-likeness (QED) is 0.865. The van der Waals surface area contributed by atoms with Gasteiger partial charge in [0, 0.05) is 5.56 Å². The van der Waals surface area contributed by atoms with Crippen molar-refractivity contribution in [1.82, 2.24) is 0 Å². The maximum Gasteiger partial charge on any atom is 0.342 e. The van der Waals surface area contributed by atoms with Gasteiger partial charge in [0.1, 0.15) is 23.0 Å². The zero-order chi connectivity index (χ0) is 15.4. The lowest BCUT2D eigenvalue weighted by Gasteiger charge is -2.23. The summed E-state index contributed by atoms with van der Waals surface area (Å²) in [6, 6.07) is 3.42. The number of ketones is 1. The molecule has 2 atom stereocenters. The van der Waals surface area contributed by atoms with Gasteiger partial charge in [0.05, 0.1) is 5.56 Å². The lowest BCUT2D eigenvalue weighted by atomic mass is 9.93. The van der Waals surface area contributed by atoms with Crippen molar-refractivity contribution in [2.45, 2.75) is 51.4 Å². The largest absolute Gasteiger partial charge is 0.478 e. The number of cyclic esters (lactones) is 1. The fourth-order valence-corrected chi connectivity index (χ4v) is 2.90. The summed E-state index contributed by atoms with van der Waals surface area (Å²) in [5.74, 6) is -0.496. The molecule has 5 heteroatoms. The Morgan fingerprint density at radius 2 is 1.95 bits per heavy atom. The average molecular weight is 290 g/mol. The SMILES string of the molecule is CCC[C@H]1OC(=O)c2c1ccc1c2OC(C(C)(C)O)C1=O. The number of benzene rings is 1. The fourth-order valence-electron chi connectivity index (χ4n) is 2.90. The van der Waals surface area contributed by atoms with Gasteiger partial charge in [-0.25, -0.2) is 4.79 Å². The third-order valence-electron chi connectivity index (χ3n) is 3.92. The molecule has 2 aliphatic rings. The van der Waals surface area contributed by atoms with E-state index in [9.17, 15) is 14.7 Å². The minimum atomic E-state index is -1.31. The van der Waals surface area contributed by atoms with Gasteiger partial charge < -0.3 is 14.6 Å². The number of carbonyl (C=O) groups excluding carboxylic acids is 2. The number of carbonyl (C=O) groups is 2. The van der Waals surface area contributed by atoms with E-state index in [0.717, 1.165) is 18.4 Å². The molecule has 1 N–H and O–H groups in total. The van der Waals surface area contributed by atoms with Gasteiger partial charge in [-0.15, -0.1) is 0 Å². The minimum Gasteiger partial charge on any atom is -0.478 e. The smallest absolute Gasteiger partial charge is 0.342 e. The molecule has 0 spiro atoms. The van der Waals surface area contributed by atoms with Crippen LogP contribution in [0.15, 0.2) is 12.1 Å². The monoisotopic (exact) mass is 290 g/mol. The first-order valence-electron chi connectivity index (χ1n) is 7.15. The molecule has 0 saturated heterocycles. The molecule has 112 valence electrons. The Hall–Kier alpha value is -1.88. The van der Waals surface area contributed by atoms with Crippen LogP contribution < -0.4 is 4.74 Å². The average Bonchev–Trinajstić information content (AvgIpc) is 2.89. The van der Waals surface area contributed by atoms with Crippen molar-refractivity contribution >= 4 is 11.8 Å². The zero-order valence-electron chi connectivity index (χ0n) is 12.3. The Kier molecular flexibility index (Phi) is 3.06.